The maximum Gasteiger partial charge on any atom is 0.344 e. The summed E-state index contributed by atoms with van der Waals surface area (Å²) in [5.41, 5.74) is 2.37. The molecule has 0 saturated heterocycles. The van der Waals surface area contributed by atoms with Crippen molar-refractivity contribution in [1.82, 2.24) is 0 Å². The summed E-state index contributed by atoms with van der Waals surface area (Å²) in [5.74, 6) is 0.736. The molecule has 0 aliphatic rings. The minimum atomic E-state index is -0.307. The van der Waals surface area contributed by atoms with Gasteiger partial charge >= 0.3 is 5.63 Å². The molecule has 144 valence electrons. The summed E-state index contributed by atoms with van der Waals surface area (Å²) in [6, 6.07) is 9.77. The highest BCUT2D eigenvalue weighted by molar-refractivity contribution is 6.08. The van der Waals surface area contributed by atoms with Crippen LogP contribution >= 0.6 is 0 Å². The lowest BCUT2D eigenvalue weighted by Gasteiger charge is -2.21. The number of aryl methyl sites for hydroxylation is 1. The predicted molar refractivity (Wildman–Crippen MR) is 113 cm³/mol. The van der Waals surface area contributed by atoms with Gasteiger partial charge in [0.25, 0.3) is 0 Å². The molecule has 0 spiro atoms. The van der Waals surface area contributed by atoms with E-state index >= 15 is 0 Å². The molecule has 0 aliphatic heterocycles. The minimum absolute atomic E-state index is 0.307. The Morgan fingerprint density at radius 3 is 2.56 bits per heavy atom. The lowest BCUT2D eigenvalue weighted by molar-refractivity contribution is 0.419. The second-order valence-electron chi connectivity index (χ2n) is 7.30. The Labute approximate surface area is 160 Å². The quantitative estimate of drug-likeness (QED) is 0.292. The zero-order valence-electron chi connectivity index (χ0n) is 16.8. The Bertz CT molecular complexity index is 990. The summed E-state index contributed by atoms with van der Waals surface area (Å²) in [6.45, 7) is 5.22. The molecular formula is C23H29NO3. The number of benzene rings is 2. The fourth-order valence-electron chi connectivity index (χ4n) is 3.58. The molecular weight excluding hydrogens is 338 g/mol. The molecule has 0 bridgehead atoms. The summed E-state index contributed by atoms with van der Waals surface area (Å²) in [4.78, 5) is 14.6. The molecule has 0 radical (unpaired) electrons. The van der Waals surface area contributed by atoms with Gasteiger partial charge in [0.05, 0.1) is 17.9 Å². The number of fused-ring (bicyclic) bond motifs is 3. The van der Waals surface area contributed by atoms with Crippen LogP contribution in [0, 0.1) is 6.92 Å². The van der Waals surface area contributed by atoms with Gasteiger partial charge in [0.15, 0.2) is 0 Å². The normalized spacial score (nSPS) is 11.3. The maximum absolute atomic E-state index is 12.4. The molecule has 4 heteroatoms. The smallest absolute Gasteiger partial charge is 0.344 e. The van der Waals surface area contributed by atoms with E-state index in [9.17, 15) is 4.79 Å². The van der Waals surface area contributed by atoms with Gasteiger partial charge < -0.3 is 14.1 Å². The van der Waals surface area contributed by atoms with Gasteiger partial charge in [0.2, 0.25) is 0 Å². The largest absolute Gasteiger partial charge is 0.496 e. The van der Waals surface area contributed by atoms with Crippen LogP contribution in [0.25, 0.3) is 21.7 Å². The van der Waals surface area contributed by atoms with E-state index in [4.69, 9.17) is 9.15 Å². The van der Waals surface area contributed by atoms with Gasteiger partial charge in [-0.3, -0.25) is 0 Å². The van der Waals surface area contributed by atoms with Gasteiger partial charge in [-0.05, 0) is 19.4 Å². The molecule has 27 heavy (non-hydrogen) atoms. The third-order valence-electron chi connectivity index (χ3n) is 5.18. The molecule has 0 fully saturated rings. The van der Waals surface area contributed by atoms with Gasteiger partial charge in [0.1, 0.15) is 11.3 Å². The van der Waals surface area contributed by atoms with Crippen molar-refractivity contribution in [1.29, 1.82) is 0 Å². The lowest BCUT2D eigenvalue weighted by Crippen LogP contribution is -2.18. The van der Waals surface area contributed by atoms with Crippen molar-refractivity contribution in [3.05, 3.63) is 46.3 Å². The second-order valence-corrected chi connectivity index (χ2v) is 7.30. The Balaban J connectivity index is 2.00. The van der Waals surface area contributed by atoms with Crippen LogP contribution in [-0.4, -0.2) is 20.7 Å². The number of methoxy groups -OCH3 is 1. The van der Waals surface area contributed by atoms with Crippen LogP contribution in [-0.2, 0) is 0 Å². The Kier molecular flexibility index (Phi) is 6.04. The van der Waals surface area contributed by atoms with E-state index in [0.717, 1.165) is 40.7 Å². The van der Waals surface area contributed by atoms with Crippen molar-refractivity contribution >= 4 is 27.4 Å². The van der Waals surface area contributed by atoms with Crippen molar-refractivity contribution < 1.29 is 9.15 Å². The molecule has 4 nitrogen and oxygen atoms in total. The van der Waals surface area contributed by atoms with Gasteiger partial charge in [-0.15, -0.1) is 0 Å². The SMILES string of the molecule is CCCCCCCN(C)c1cc(OC)c2c(c1)oc(=O)c1ccc(C)cc12. The number of anilines is 1. The molecule has 1 aromatic heterocycles. The van der Waals surface area contributed by atoms with E-state index in [-0.39, 0.29) is 5.63 Å². The molecule has 0 unspecified atom stereocenters. The van der Waals surface area contributed by atoms with Crippen molar-refractivity contribution in [2.75, 3.05) is 25.6 Å². The monoisotopic (exact) mass is 367 g/mol. The number of rotatable bonds is 8. The number of hydrogen-bond donors (Lipinski definition) is 0. The number of hydrogen-bond acceptors (Lipinski definition) is 4. The van der Waals surface area contributed by atoms with Crippen LogP contribution in [0.4, 0.5) is 5.69 Å². The van der Waals surface area contributed by atoms with Crippen LogP contribution in [0.15, 0.2) is 39.5 Å². The molecule has 0 N–H and O–H groups in total. The molecule has 0 amide bonds. The summed E-state index contributed by atoms with van der Waals surface area (Å²) in [7, 11) is 3.74. The number of nitrogens with zero attached hydrogens (tertiary/aromatic N) is 1. The average molecular weight is 367 g/mol. The van der Waals surface area contributed by atoms with Crippen molar-refractivity contribution in [3.63, 3.8) is 0 Å². The summed E-state index contributed by atoms with van der Waals surface area (Å²) in [5, 5.41) is 2.33. The summed E-state index contributed by atoms with van der Waals surface area (Å²) < 4.78 is 11.3. The maximum atomic E-state index is 12.4. The van der Waals surface area contributed by atoms with Crippen LogP contribution in [0.3, 0.4) is 0 Å². The summed E-state index contributed by atoms with van der Waals surface area (Å²) in [6.07, 6.45) is 6.22. The highest BCUT2D eigenvalue weighted by atomic mass is 16.5. The number of ether oxygens (including phenoxy) is 1. The first-order valence-electron chi connectivity index (χ1n) is 9.81. The van der Waals surface area contributed by atoms with Crippen LogP contribution < -0.4 is 15.3 Å². The predicted octanol–water partition coefficient (Wildman–Crippen LogP) is 5.67. The Morgan fingerprint density at radius 1 is 1.04 bits per heavy atom. The first kappa shape index (κ1) is 19.3. The van der Waals surface area contributed by atoms with E-state index in [0.29, 0.717) is 11.0 Å². The summed E-state index contributed by atoms with van der Waals surface area (Å²) >= 11 is 0. The highest BCUT2D eigenvalue weighted by Crippen LogP contribution is 2.35. The lowest BCUT2D eigenvalue weighted by atomic mass is 10.0. The minimum Gasteiger partial charge on any atom is -0.496 e. The first-order chi connectivity index (χ1) is 13.0. The molecule has 1 heterocycles. The van der Waals surface area contributed by atoms with Crippen LogP contribution in [0.5, 0.6) is 5.75 Å². The van der Waals surface area contributed by atoms with E-state index in [1.807, 2.05) is 37.3 Å². The van der Waals surface area contributed by atoms with Crippen molar-refractivity contribution in [2.45, 2.75) is 46.0 Å². The number of unbranched alkanes of at least 4 members (excludes halogenated alkanes) is 4. The third kappa shape index (κ3) is 4.10. The van der Waals surface area contributed by atoms with Gasteiger partial charge in [-0.1, -0.05) is 50.3 Å². The van der Waals surface area contributed by atoms with Gasteiger partial charge in [0, 0.05) is 36.8 Å². The van der Waals surface area contributed by atoms with Crippen LogP contribution in [0.1, 0.15) is 44.6 Å². The molecule has 3 aromatic rings. The van der Waals surface area contributed by atoms with E-state index in [2.05, 4.69) is 18.9 Å². The van der Waals surface area contributed by atoms with Gasteiger partial charge in [-0.25, -0.2) is 4.79 Å². The molecule has 0 saturated carbocycles. The molecule has 0 atom stereocenters. The standard InChI is InChI=1S/C23H29NO3/c1-5-6-7-8-9-12-24(3)17-14-20(26-4)22-19-13-16(2)10-11-18(19)23(25)27-21(22)15-17/h10-11,13-15H,5-9,12H2,1-4H3. The average Bonchev–Trinajstić information content (AvgIpc) is 2.66. The Morgan fingerprint density at radius 2 is 1.81 bits per heavy atom. The topological polar surface area (TPSA) is 42.7 Å². The van der Waals surface area contributed by atoms with Crippen LogP contribution in [0.2, 0.25) is 0 Å². The van der Waals surface area contributed by atoms with E-state index < -0.39 is 0 Å². The van der Waals surface area contributed by atoms with Crippen molar-refractivity contribution in [2.24, 2.45) is 0 Å². The molecule has 2 aromatic carbocycles. The molecule has 0 aliphatic carbocycles. The fourth-order valence-corrected chi connectivity index (χ4v) is 3.58. The van der Waals surface area contributed by atoms with Gasteiger partial charge in [-0.2, -0.15) is 0 Å². The van der Waals surface area contributed by atoms with E-state index in [1.165, 1.54) is 25.7 Å². The zero-order valence-corrected chi connectivity index (χ0v) is 16.8. The fraction of sp³-hybridized carbons (Fsp3) is 0.435. The van der Waals surface area contributed by atoms with E-state index in [1.54, 1.807) is 7.11 Å². The highest BCUT2D eigenvalue weighted by Gasteiger charge is 2.15. The zero-order chi connectivity index (χ0) is 19.4. The van der Waals surface area contributed by atoms with Crippen molar-refractivity contribution in [3.8, 4) is 5.75 Å². The Hall–Kier alpha value is -2.49. The first-order valence-corrected chi connectivity index (χ1v) is 9.81. The third-order valence-corrected chi connectivity index (χ3v) is 5.18. The second kappa shape index (κ2) is 8.47. The molecule has 3 rings (SSSR count).